The number of Topliss-reactive ketones (excluding diaryl/α,β-unsaturated/α-hetero) is 1. The minimum Gasteiger partial charge on any atom is -0.380 e. The molecule has 0 radical (unpaired) electrons. The second-order valence-electron chi connectivity index (χ2n) is 6.00. The van der Waals surface area contributed by atoms with Crippen LogP contribution in [0.1, 0.15) is 36.5 Å². The Kier molecular flexibility index (Phi) is 4.76. The number of carbonyl (C=O) groups excluding carboxylic acids is 2. The van der Waals surface area contributed by atoms with E-state index in [1.165, 1.54) is 6.92 Å². The Bertz CT molecular complexity index is 720. The molecule has 1 aliphatic rings. The zero-order valence-corrected chi connectivity index (χ0v) is 13.4. The monoisotopic (exact) mass is 314 g/mol. The number of ketones is 1. The van der Waals surface area contributed by atoms with Crippen LogP contribution in [0.3, 0.4) is 0 Å². The number of amides is 1. The molecule has 2 heterocycles. The van der Waals surface area contributed by atoms with Gasteiger partial charge in [0, 0.05) is 24.7 Å². The van der Waals surface area contributed by atoms with Crippen LogP contribution in [-0.2, 0) is 16.1 Å². The smallest absolute Gasteiger partial charge is 0.254 e. The number of ether oxygens (including phenoxy) is 1. The molecule has 1 amide bonds. The summed E-state index contributed by atoms with van der Waals surface area (Å²) < 4.78 is 7.72. The van der Waals surface area contributed by atoms with Gasteiger partial charge < -0.3 is 14.6 Å². The van der Waals surface area contributed by atoms with Gasteiger partial charge in [0.15, 0.2) is 5.78 Å². The molecule has 1 aromatic heterocycles. The molecule has 1 aromatic carbocycles. The van der Waals surface area contributed by atoms with Gasteiger partial charge in [-0.3, -0.25) is 9.59 Å². The van der Waals surface area contributed by atoms with E-state index in [9.17, 15) is 9.59 Å². The number of hydrogen-bond donors (Lipinski definition) is 1. The summed E-state index contributed by atoms with van der Waals surface area (Å²) in [6.07, 6.45) is 4.39. The van der Waals surface area contributed by atoms with Crippen LogP contribution in [0.2, 0.25) is 0 Å². The third-order valence-electron chi connectivity index (χ3n) is 4.34. The third-order valence-corrected chi connectivity index (χ3v) is 4.34. The first-order valence-corrected chi connectivity index (χ1v) is 8.14. The van der Waals surface area contributed by atoms with E-state index in [2.05, 4.69) is 5.32 Å². The Balaban J connectivity index is 1.99. The molecular weight excluding hydrogens is 292 g/mol. The van der Waals surface area contributed by atoms with Crippen molar-refractivity contribution < 1.29 is 14.3 Å². The fourth-order valence-electron chi connectivity index (χ4n) is 3.06. The van der Waals surface area contributed by atoms with Crippen LogP contribution in [0.5, 0.6) is 0 Å². The Morgan fingerprint density at radius 2 is 2.13 bits per heavy atom. The molecule has 1 N–H and O–H groups in total. The van der Waals surface area contributed by atoms with Gasteiger partial charge in [-0.15, -0.1) is 0 Å². The topological polar surface area (TPSA) is 60.3 Å². The third kappa shape index (κ3) is 3.45. The van der Waals surface area contributed by atoms with Gasteiger partial charge in [0.1, 0.15) is 0 Å². The molecule has 0 saturated heterocycles. The van der Waals surface area contributed by atoms with Crippen molar-refractivity contribution in [1.82, 2.24) is 9.88 Å². The van der Waals surface area contributed by atoms with Gasteiger partial charge in [-0.25, -0.2) is 0 Å². The SMILES string of the molecule is CC(=O)C1CCCCOCCn2ccc3cccc(c32)C(=O)N1. The fraction of sp³-hybridized carbons (Fsp3) is 0.444. The predicted octanol–water partition coefficient (Wildman–Crippen LogP) is 2.53. The fourth-order valence-corrected chi connectivity index (χ4v) is 3.06. The average Bonchev–Trinajstić information content (AvgIpc) is 2.95. The summed E-state index contributed by atoms with van der Waals surface area (Å²) in [5, 5.41) is 3.92. The lowest BCUT2D eigenvalue weighted by Gasteiger charge is -2.16. The molecule has 1 aliphatic heterocycles. The highest BCUT2D eigenvalue weighted by Gasteiger charge is 2.20. The summed E-state index contributed by atoms with van der Waals surface area (Å²) in [6.45, 7) is 3.55. The van der Waals surface area contributed by atoms with E-state index in [4.69, 9.17) is 4.74 Å². The highest BCUT2D eigenvalue weighted by molar-refractivity contribution is 6.07. The molecule has 1 atom stereocenters. The molecule has 0 fully saturated rings. The molecule has 3 rings (SSSR count). The molecule has 5 nitrogen and oxygen atoms in total. The number of nitrogens with zero attached hydrogens (tertiary/aromatic N) is 1. The van der Waals surface area contributed by atoms with Crippen molar-refractivity contribution in [3.8, 4) is 0 Å². The summed E-state index contributed by atoms with van der Waals surface area (Å²) >= 11 is 0. The lowest BCUT2D eigenvalue weighted by Crippen LogP contribution is -2.39. The zero-order chi connectivity index (χ0) is 16.2. The predicted molar refractivity (Wildman–Crippen MR) is 88.5 cm³/mol. The second kappa shape index (κ2) is 6.96. The summed E-state index contributed by atoms with van der Waals surface area (Å²) in [4.78, 5) is 24.5. The van der Waals surface area contributed by atoms with Crippen LogP contribution in [-0.4, -0.2) is 35.5 Å². The first-order chi connectivity index (χ1) is 11.2. The Morgan fingerprint density at radius 3 is 2.96 bits per heavy atom. The molecule has 2 aromatic rings. The summed E-state index contributed by atoms with van der Waals surface area (Å²) in [5.41, 5.74) is 1.51. The van der Waals surface area contributed by atoms with Crippen LogP contribution < -0.4 is 5.32 Å². The van der Waals surface area contributed by atoms with E-state index in [0.717, 1.165) is 23.7 Å². The molecule has 1 unspecified atom stereocenters. The highest BCUT2D eigenvalue weighted by Crippen LogP contribution is 2.21. The van der Waals surface area contributed by atoms with Crippen LogP contribution in [0, 0.1) is 0 Å². The number of carbonyl (C=O) groups is 2. The van der Waals surface area contributed by atoms with Gasteiger partial charge >= 0.3 is 0 Å². The van der Waals surface area contributed by atoms with E-state index in [1.54, 1.807) is 0 Å². The maximum absolute atomic E-state index is 12.7. The van der Waals surface area contributed by atoms with Crippen molar-refractivity contribution in [3.05, 3.63) is 36.0 Å². The van der Waals surface area contributed by atoms with Gasteiger partial charge in [0.05, 0.1) is 23.7 Å². The quantitative estimate of drug-likeness (QED) is 0.880. The molecule has 0 spiro atoms. The van der Waals surface area contributed by atoms with Gasteiger partial charge in [0.25, 0.3) is 5.91 Å². The lowest BCUT2D eigenvalue weighted by molar-refractivity contribution is -0.119. The van der Waals surface area contributed by atoms with E-state index >= 15 is 0 Å². The lowest BCUT2D eigenvalue weighted by atomic mass is 10.0. The minimum atomic E-state index is -0.429. The summed E-state index contributed by atoms with van der Waals surface area (Å²) in [7, 11) is 0. The number of hydrogen-bond acceptors (Lipinski definition) is 3. The molecule has 0 aliphatic carbocycles. The van der Waals surface area contributed by atoms with E-state index < -0.39 is 6.04 Å². The number of nitrogens with one attached hydrogen (secondary N) is 1. The summed E-state index contributed by atoms with van der Waals surface area (Å²) in [6, 6.07) is 7.25. The van der Waals surface area contributed by atoms with Crippen LogP contribution in [0.25, 0.3) is 10.9 Å². The van der Waals surface area contributed by atoms with Gasteiger partial charge in [-0.2, -0.15) is 0 Å². The van der Waals surface area contributed by atoms with Crippen molar-refractivity contribution >= 4 is 22.6 Å². The van der Waals surface area contributed by atoms with Crippen molar-refractivity contribution in [2.75, 3.05) is 13.2 Å². The van der Waals surface area contributed by atoms with Gasteiger partial charge in [0.2, 0.25) is 0 Å². The molecule has 122 valence electrons. The maximum atomic E-state index is 12.7. The molecular formula is C18H22N2O3. The van der Waals surface area contributed by atoms with E-state index in [0.29, 0.717) is 31.7 Å². The van der Waals surface area contributed by atoms with Crippen LogP contribution >= 0.6 is 0 Å². The molecule has 5 heteroatoms. The number of benzene rings is 1. The minimum absolute atomic E-state index is 0.00306. The first-order valence-electron chi connectivity index (χ1n) is 8.14. The Hall–Kier alpha value is -2.14. The van der Waals surface area contributed by atoms with Crippen molar-refractivity contribution in [1.29, 1.82) is 0 Å². The zero-order valence-electron chi connectivity index (χ0n) is 13.4. The van der Waals surface area contributed by atoms with Gasteiger partial charge in [-0.05, 0) is 38.3 Å². The number of para-hydroxylation sites is 1. The average molecular weight is 314 g/mol. The Morgan fingerprint density at radius 1 is 1.26 bits per heavy atom. The number of rotatable bonds is 1. The van der Waals surface area contributed by atoms with E-state index in [-0.39, 0.29) is 11.7 Å². The maximum Gasteiger partial charge on any atom is 0.254 e. The second-order valence-corrected chi connectivity index (χ2v) is 6.00. The van der Waals surface area contributed by atoms with Crippen molar-refractivity contribution in [3.63, 3.8) is 0 Å². The largest absolute Gasteiger partial charge is 0.380 e. The molecule has 0 bridgehead atoms. The van der Waals surface area contributed by atoms with Crippen LogP contribution in [0.15, 0.2) is 30.5 Å². The molecule has 0 saturated carbocycles. The van der Waals surface area contributed by atoms with Gasteiger partial charge in [-0.1, -0.05) is 12.1 Å². The highest BCUT2D eigenvalue weighted by atomic mass is 16.5. The van der Waals surface area contributed by atoms with Crippen molar-refractivity contribution in [2.45, 2.75) is 38.8 Å². The standard InChI is InChI=1S/C18H22N2O3/c1-13(21)16-7-2-3-11-23-12-10-20-9-8-14-5-4-6-15(17(14)20)18(22)19-16/h4-6,8-9,16H,2-3,7,10-12H2,1H3,(H,19,22). The summed E-state index contributed by atoms with van der Waals surface area (Å²) in [5.74, 6) is -0.187. The number of aromatic nitrogens is 1. The van der Waals surface area contributed by atoms with E-state index in [1.807, 2.05) is 35.0 Å². The van der Waals surface area contributed by atoms with Crippen LogP contribution in [0.4, 0.5) is 0 Å². The Labute approximate surface area is 135 Å². The normalized spacial score (nSPS) is 20.2. The van der Waals surface area contributed by atoms with Crippen molar-refractivity contribution in [2.24, 2.45) is 0 Å². The molecule has 23 heavy (non-hydrogen) atoms. The first kappa shape index (κ1) is 15.7.